The molecule has 0 aromatic rings. The number of ketones is 1. The number of ether oxygens (including phenoxy) is 1. The molecule has 7 nitrogen and oxygen atoms in total. The number of allylic oxidation sites excluding steroid dienone is 1. The molecule has 5 aliphatic rings. The van der Waals surface area contributed by atoms with Gasteiger partial charge in [0.05, 0.1) is 16.9 Å². The molecule has 4 aliphatic carbocycles. The van der Waals surface area contributed by atoms with Crippen LogP contribution in [0.2, 0.25) is 0 Å². The molecule has 0 amide bonds. The summed E-state index contributed by atoms with van der Waals surface area (Å²) in [6.45, 7) is 4.09. The second kappa shape index (κ2) is 10.2. The van der Waals surface area contributed by atoms with E-state index in [0.29, 0.717) is 19.3 Å². The average Bonchev–Trinajstić information content (AvgIpc) is 3.37. The fourth-order valence-corrected chi connectivity index (χ4v) is 12.3. The molecule has 206 valence electrons. The summed E-state index contributed by atoms with van der Waals surface area (Å²) in [6, 6.07) is 0. The lowest BCUT2D eigenvalue weighted by molar-refractivity contribution is -0.211. The largest absolute Gasteiger partial charge is 0.605 e. The Morgan fingerprint density at radius 3 is 2.68 bits per heavy atom. The van der Waals surface area contributed by atoms with Gasteiger partial charge in [0.25, 0.3) is 0 Å². The van der Waals surface area contributed by atoms with E-state index in [2.05, 4.69) is 6.92 Å². The van der Waals surface area contributed by atoms with E-state index < -0.39 is 39.3 Å². The number of carboxylic acid groups (broad SMARTS) is 1. The van der Waals surface area contributed by atoms with E-state index in [-0.39, 0.29) is 53.5 Å². The van der Waals surface area contributed by atoms with E-state index in [4.69, 9.17) is 4.74 Å². The molecule has 0 radical (unpaired) electrons. The Kier molecular flexibility index (Phi) is 7.57. The van der Waals surface area contributed by atoms with Gasteiger partial charge in [-0.25, -0.2) is 4.79 Å². The summed E-state index contributed by atoms with van der Waals surface area (Å²) in [4.78, 5) is 37.9. The van der Waals surface area contributed by atoms with Gasteiger partial charge in [0.15, 0.2) is 5.78 Å². The van der Waals surface area contributed by atoms with E-state index in [1.54, 1.807) is 6.08 Å². The van der Waals surface area contributed by atoms with Crippen LogP contribution in [0.4, 0.5) is 0 Å². The first-order valence-corrected chi connectivity index (χ1v) is 16.6. The number of esters is 1. The Morgan fingerprint density at radius 1 is 1.19 bits per heavy atom. The quantitative estimate of drug-likeness (QED) is 0.203. The molecule has 9 atom stereocenters. The van der Waals surface area contributed by atoms with Gasteiger partial charge in [-0.3, -0.25) is 9.59 Å². The van der Waals surface area contributed by atoms with E-state index in [9.17, 15) is 29.1 Å². The molecular formula is C28H40O7S2. The van der Waals surface area contributed by atoms with Crippen LogP contribution in [-0.4, -0.2) is 55.2 Å². The van der Waals surface area contributed by atoms with Crippen molar-refractivity contribution in [2.24, 2.45) is 28.6 Å². The van der Waals surface area contributed by atoms with Gasteiger partial charge < -0.3 is 19.5 Å². The topological polar surface area (TPSA) is 124 Å². The molecule has 0 aromatic carbocycles. The first-order chi connectivity index (χ1) is 17.5. The van der Waals surface area contributed by atoms with Crippen molar-refractivity contribution in [3.63, 3.8) is 0 Å². The summed E-state index contributed by atoms with van der Waals surface area (Å²) in [7, 11) is 0.657. The van der Waals surface area contributed by atoms with Crippen LogP contribution in [0.3, 0.4) is 0 Å². The summed E-state index contributed by atoms with van der Waals surface area (Å²) < 4.78 is 17.9. The second-order valence-corrected chi connectivity index (χ2v) is 16.0. The van der Waals surface area contributed by atoms with E-state index in [1.165, 1.54) is 10.8 Å². The molecule has 4 fully saturated rings. The lowest BCUT2D eigenvalue weighted by atomic mass is 9.45. The highest BCUT2D eigenvalue weighted by Gasteiger charge is 2.71. The van der Waals surface area contributed by atoms with E-state index in [0.717, 1.165) is 49.9 Å². The normalized spacial score (nSPS) is 45.0. The van der Waals surface area contributed by atoms with Crippen LogP contribution >= 0.6 is 10.8 Å². The highest BCUT2D eigenvalue weighted by Crippen LogP contribution is 2.68. The molecule has 1 aliphatic heterocycles. The minimum atomic E-state index is -1.64. The maximum atomic E-state index is 13.0. The number of rotatable bonds is 7. The van der Waals surface area contributed by atoms with Gasteiger partial charge in [-0.05, 0) is 87.0 Å². The molecule has 3 saturated carbocycles. The Bertz CT molecular complexity index is 984. The van der Waals surface area contributed by atoms with Crippen LogP contribution in [0.1, 0.15) is 90.9 Å². The number of carboxylic acids is 1. The number of hydrogen-bond donors (Lipinski definition) is 2. The van der Waals surface area contributed by atoms with Crippen molar-refractivity contribution in [3.8, 4) is 0 Å². The van der Waals surface area contributed by atoms with Crippen LogP contribution < -0.4 is 0 Å². The molecule has 5 rings (SSSR count). The Balaban J connectivity index is 1.30. The molecule has 9 heteroatoms. The molecule has 1 heterocycles. The van der Waals surface area contributed by atoms with Crippen molar-refractivity contribution in [1.29, 1.82) is 0 Å². The standard InChI is InChI=1S/C28H40O7S2/c1-26-12-9-18(29)15-17(26)7-8-20-21-10-13-28(25(32)33,27(21,2)16-22(30)24(20)26)35-23(31)6-4-3-5-19-11-14-36-37(19)34/h15,19-22,24,30H,3-14,16H2,1-2H3,(H,32,33)/t19-,20?,21?,22?,24?,26?,27?,28?,37?/m1/s1. The molecule has 0 aromatic heterocycles. The third-order valence-electron chi connectivity index (χ3n) is 10.7. The van der Waals surface area contributed by atoms with Gasteiger partial charge in [-0.2, -0.15) is 0 Å². The van der Waals surface area contributed by atoms with Crippen molar-refractivity contribution in [3.05, 3.63) is 11.6 Å². The van der Waals surface area contributed by atoms with Gasteiger partial charge in [-0.1, -0.05) is 19.4 Å². The number of aliphatic hydroxyl groups is 1. The number of aliphatic hydroxyl groups excluding tert-OH is 1. The lowest BCUT2D eigenvalue weighted by Crippen LogP contribution is -2.62. The average molecular weight is 553 g/mol. The second-order valence-electron chi connectivity index (χ2n) is 12.5. The van der Waals surface area contributed by atoms with Crippen molar-refractivity contribution in [2.75, 3.05) is 5.75 Å². The van der Waals surface area contributed by atoms with Crippen molar-refractivity contribution < 1.29 is 33.9 Å². The minimum Gasteiger partial charge on any atom is -0.605 e. The highest BCUT2D eigenvalue weighted by atomic mass is 33.1. The number of carbonyl (C=O) groups excluding carboxylic acids is 2. The Morgan fingerprint density at radius 2 is 1.97 bits per heavy atom. The summed E-state index contributed by atoms with van der Waals surface area (Å²) in [5.74, 6) is -0.365. The van der Waals surface area contributed by atoms with Crippen LogP contribution in [0, 0.1) is 28.6 Å². The summed E-state index contributed by atoms with van der Waals surface area (Å²) in [5.41, 5.74) is -1.59. The van der Waals surface area contributed by atoms with Crippen LogP contribution in [0.5, 0.6) is 0 Å². The SMILES string of the molecule is CC12CCC(=O)C=C1CCC1C2C(O)CC2(C)C1CCC2(OC(=O)CCCC[C@@H]1CCS[S+]1[O-])C(=O)O. The molecule has 1 saturated heterocycles. The van der Waals surface area contributed by atoms with E-state index >= 15 is 0 Å². The first-order valence-electron chi connectivity index (χ1n) is 13.9. The lowest BCUT2D eigenvalue weighted by Gasteiger charge is -2.60. The van der Waals surface area contributed by atoms with Crippen LogP contribution in [-0.2, 0) is 29.3 Å². The van der Waals surface area contributed by atoms with Crippen LogP contribution in [0.25, 0.3) is 0 Å². The smallest absolute Gasteiger partial charge is 0.348 e. The predicted octanol–water partition coefficient (Wildman–Crippen LogP) is 4.59. The molecule has 2 N–H and O–H groups in total. The van der Waals surface area contributed by atoms with Crippen molar-refractivity contribution >= 4 is 38.7 Å². The van der Waals surface area contributed by atoms with Crippen molar-refractivity contribution in [1.82, 2.24) is 0 Å². The van der Waals surface area contributed by atoms with E-state index in [1.807, 2.05) is 6.92 Å². The van der Waals surface area contributed by atoms with Gasteiger partial charge in [0.1, 0.15) is 5.25 Å². The predicted molar refractivity (Wildman–Crippen MR) is 142 cm³/mol. The number of aliphatic carboxylic acids is 1. The van der Waals surface area contributed by atoms with Gasteiger partial charge in [0.2, 0.25) is 5.60 Å². The Labute approximate surface area is 226 Å². The highest BCUT2D eigenvalue weighted by molar-refractivity contribution is 8.72. The number of hydrogen-bond acceptors (Lipinski definition) is 7. The third-order valence-corrected chi connectivity index (χ3v) is 14.4. The van der Waals surface area contributed by atoms with Gasteiger partial charge in [0, 0.05) is 40.6 Å². The minimum absolute atomic E-state index is 0.0155. The maximum absolute atomic E-state index is 13.0. The van der Waals surface area contributed by atoms with Gasteiger partial charge in [-0.15, -0.1) is 0 Å². The number of carbonyl (C=O) groups is 3. The zero-order chi connectivity index (χ0) is 26.6. The molecular weight excluding hydrogens is 512 g/mol. The maximum Gasteiger partial charge on any atom is 0.348 e. The molecule has 0 spiro atoms. The summed E-state index contributed by atoms with van der Waals surface area (Å²) in [5, 5.41) is 22.2. The van der Waals surface area contributed by atoms with Gasteiger partial charge >= 0.3 is 11.9 Å². The number of unbranched alkanes of at least 4 members (excludes halogenated alkanes) is 1. The zero-order valence-electron chi connectivity index (χ0n) is 21.9. The molecule has 37 heavy (non-hydrogen) atoms. The monoisotopic (exact) mass is 552 g/mol. The Hall–Kier alpha value is -1.03. The van der Waals surface area contributed by atoms with Crippen LogP contribution in [0.15, 0.2) is 11.6 Å². The first kappa shape index (κ1) is 27.5. The fourth-order valence-electron chi connectivity index (χ4n) is 8.82. The summed E-state index contributed by atoms with van der Waals surface area (Å²) >= 11 is 0. The molecule has 0 bridgehead atoms. The fraction of sp³-hybridized carbons (Fsp3) is 0.821. The third kappa shape index (κ3) is 4.49. The zero-order valence-corrected chi connectivity index (χ0v) is 23.5. The number of fused-ring (bicyclic) bond motifs is 5. The molecule has 8 unspecified atom stereocenters. The summed E-state index contributed by atoms with van der Waals surface area (Å²) in [6.07, 6.45) is 8.38. The van der Waals surface area contributed by atoms with Crippen molar-refractivity contribution in [2.45, 2.75) is 108 Å².